The molecule has 7 heteroatoms. The number of carbonyl (C=O) groups is 1. The van der Waals surface area contributed by atoms with Gasteiger partial charge in [-0.3, -0.25) is 9.48 Å². The van der Waals surface area contributed by atoms with Crippen LogP contribution in [0.2, 0.25) is 5.02 Å². The summed E-state index contributed by atoms with van der Waals surface area (Å²) in [5.41, 5.74) is 1.08. The maximum Gasteiger partial charge on any atom is 0.276 e. The van der Waals surface area contributed by atoms with Crippen LogP contribution in [0.15, 0.2) is 16.8 Å². The first-order valence-corrected chi connectivity index (χ1v) is 6.87. The second-order valence-electron chi connectivity index (χ2n) is 5.02. The lowest BCUT2D eigenvalue weighted by molar-refractivity contribution is 0.0724. The Kier molecular flexibility index (Phi) is 3.25. The first kappa shape index (κ1) is 13.2. The number of amides is 1. The Morgan fingerprint density at radius 3 is 2.95 bits per heavy atom. The Morgan fingerprint density at radius 2 is 2.35 bits per heavy atom. The molecule has 0 N–H and O–H groups in total. The van der Waals surface area contributed by atoms with Crippen molar-refractivity contribution in [2.24, 2.45) is 7.05 Å². The van der Waals surface area contributed by atoms with Gasteiger partial charge in [0.05, 0.1) is 11.1 Å². The first-order chi connectivity index (χ1) is 9.56. The quantitative estimate of drug-likeness (QED) is 0.853. The van der Waals surface area contributed by atoms with E-state index in [0.717, 1.165) is 24.3 Å². The zero-order chi connectivity index (χ0) is 14.3. The van der Waals surface area contributed by atoms with Gasteiger partial charge in [0.2, 0.25) is 0 Å². The summed E-state index contributed by atoms with van der Waals surface area (Å²) >= 11 is 6.05. The van der Waals surface area contributed by atoms with Crippen molar-refractivity contribution in [2.75, 3.05) is 6.54 Å². The van der Waals surface area contributed by atoms with E-state index in [4.69, 9.17) is 16.1 Å². The van der Waals surface area contributed by atoms with Crippen molar-refractivity contribution in [1.29, 1.82) is 0 Å². The largest absolute Gasteiger partial charge is 0.361 e. The van der Waals surface area contributed by atoms with Crippen molar-refractivity contribution < 1.29 is 9.32 Å². The van der Waals surface area contributed by atoms with E-state index < -0.39 is 0 Å². The lowest BCUT2D eigenvalue weighted by Crippen LogP contribution is -2.31. The minimum absolute atomic E-state index is 0.0574. The molecule has 1 saturated heterocycles. The topological polar surface area (TPSA) is 64.2 Å². The fourth-order valence-corrected chi connectivity index (χ4v) is 2.86. The molecule has 0 spiro atoms. The predicted molar refractivity (Wildman–Crippen MR) is 72.5 cm³/mol. The van der Waals surface area contributed by atoms with Crippen LogP contribution in [0, 0.1) is 6.92 Å². The molecule has 1 aliphatic heterocycles. The molecule has 1 fully saturated rings. The highest BCUT2D eigenvalue weighted by molar-refractivity contribution is 6.33. The monoisotopic (exact) mass is 294 g/mol. The Balaban J connectivity index is 1.89. The predicted octanol–water partition coefficient (Wildman–Crippen LogP) is 2.35. The van der Waals surface area contributed by atoms with Gasteiger partial charge in [0.1, 0.15) is 11.5 Å². The molecule has 1 unspecified atom stereocenters. The van der Waals surface area contributed by atoms with Crippen LogP contribution in [0.25, 0.3) is 0 Å². The summed E-state index contributed by atoms with van der Waals surface area (Å²) in [6.07, 6.45) is 3.44. The van der Waals surface area contributed by atoms with Crippen LogP contribution in [0.1, 0.15) is 40.8 Å². The van der Waals surface area contributed by atoms with Crippen molar-refractivity contribution in [3.8, 4) is 0 Å². The molecule has 3 rings (SSSR count). The van der Waals surface area contributed by atoms with Gasteiger partial charge in [-0.2, -0.15) is 5.10 Å². The zero-order valence-corrected chi connectivity index (χ0v) is 12.1. The van der Waals surface area contributed by atoms with Gasteiger partial charge in [0.25, 0.3) is 5.91 Å². The third kappa shape index (κ3) is 2.20. The molecule has 0 radical (unpaired) electrons. The van der Waals surface area contributed by atoms with E-state index >= 15 is 0 Å². The van der Waals surface area contributed by atoms with Crippen LogP contribution in [-0.4, -0.2) is 32.3 Å². The Bertz CT molecular complexity index is 649. The molecule has 6 nitrogen and oxygen atoms in total. The highest BCUT2D eigenvalue weighted by atomic mass is 35.5. The highest BCUT2D eigenvalue weighted by Gasteiger charge is 2.34. The van der Waals surface area contributed by atoms with Gasteiger partial charge in [-0.1, -0.05) is 16.8 Å². The normalized spacial score (nSPS) is 18.8. The molecular formula is C13H15ClN4O2. The van der Waals surface area contributed by atoms with Gasteiger partial charge in [-0.05, 0) is 19.8 Å². The molecule has 0 saturated carbocycles. The van der Waals surface area contributed by atoms with Gasteiger partial charge in [-0.15, -0.1) is 0 Å². The van der Waals surface area contributed by atoms with Crippen molar-refractivity contribution in [3.05, 3.63) is 34.4 Å². The van der Waals surface area contributed by atoms with E-state index in [-0.39, 0.29) is 11.9 Å². The van der Waals surface area contributed by atoms with E-state index in [1.165, 1.54) is 0 Å². The molecular weight excluding hydrogens is 280 g/mol. The minimum Gasteiger partial charge on any atom is -0.361 e. The fourth-order valence-electron chi connectivity index (χ4n) is 2.60. The highest BCUT2D eigenvalue weighted by Crippen LogP contribution is 2.33. The van der Waals surface area contributed by atoms with Crippen molar-refractivity contribution in [1.82, 2.24) is 19.8 Å². The average molecular weight is 295 g/mol. The number of likely N-dealkylation sites (tertiary alicyclic amines) is 1. The van der Waals surface area contributed by atoms with Gasteiger partial charge in [0, 0.05) is 25.9 Å². The Morgan fingerprint density at radius 1 is 1.55 bits per heavy atom. The summed E-state index contributed by atoms with van der Waals surface area (Å²) in [5.74, 6) is 0.592. The van der Waals surface area contributed by atoms with Crippen LogP contribution in [0.5, 0.6) is 0 Å². The smallest absolute Gasteiger partial charge is 0.276 e. The number of hydrogen-bond donors (Lipinski definition) is 0. The van der Waals surface area contributed by atoms with Crippen LogP contribution in [-0.2, 0) is 7.05 Å². The molecule has 0 bridgehead atoms. The zero-order valence-electron chi connectivity index (χ0n) is 11.3. The fraction of sp³-hybridized carbons (Fsp3) is 0.462. The van der Waals surface area contributed by atoms with Gasteiger partial charge < -0.3 is 9.42 Å². The van der Waals surface area contributed by atoms with Crippen molar-refractivity contribution in [3.63, 3.8) is 0 Å². The van der Waals surface area contributed by atoms with E-state index in [2.05, 4.69) is 10.3 Å². The number of hydrogen-bond acceptors (Lipinski definition) is 4. The second kappa shape index (κ2) is 4.94. The van der Waals surface area contributed by atoms with Crippen molar-refractivity contribution >= 4 is 17.5 Å². The molecule has 20 heavy (non-hydrogen) atoms. The number of aromatic nitrogens is 3. The summed E-state index contributed by atoms with van der Waals surface area (Å²) in [4.78, 5) is 14.3. The van der Waals surface area contributed by atoms with Crippen molar-refractivity contribution in [2.45, 2.75) is 25.8 Å². The Hall–Kier alpha value is -1.82. The number of aryl methyl sites for hydroxylation is 2. The first-order valence-electron chi connectivity index (χ1n) is 6.49. The Labute approximate surface area is 121 Å². The summed E-state index contributed by atoms with van der Waals surface area (Å²) in [6, 6.07) is 1.81. The maximum absolute atomic E-state index is 12.6. The minimum atomic E-state index is -0.154. The number of halogens is 1. The SMILES string of the molecule is Cc1cc(C2CCCN2C(=O)c2nn(C)cc2Cl)no1. The maximum atomic E-state index is 12.6. The van der Waals surface area contributed by atoms with E-state index in [9.17, 15) is 4.79 Å². The molecule has 0 aliphatic carbocycles. The molecule has 2 aromatic rings. The molecule has 1 aliphatic rings. The number of nitrogens with zero attached hydrogens (tertiary/aromatic N) is 4. The third-order valence-corrected chi connectivity index (χ3v) is 3.76. The van der Waals surface area contributed by atoms with E-state index in [0.29, 0.717) is 17.3 Å². The van der Waals surface area contributed by atoms with Gasteiger partial charge >= 0.3 is 0 Å². The summed E-state index contributed by atoms with van der Waals surface area (Å²) in [7, 11) is 1.74. The van der Waals surface area contributed by atoms with E-state index in [1.54, 1.807) is 22.8 Å². The van der Waals surface area contributed by atoms with Gasteiger partial charge in [0.15, 0.2) is 5.69 Å². The summed E-state index contributed by atoms with van der Waals surface area (Å²) < 4.78 is 6.65. The molecule has 1 amide bonds. The lowest BCUT2D eigenvalue weighted by atomic mass is 10.1. The number of carbonyl (C=O) groups excluding carboxylic acids is 1. The molecule has 0 aromatic carbocycles. The van der Waals surface area contributed by atoms with Gasteiger partial charge in [-0.25, -0.2) is 0 Å². The second-order valence-corrected chi connectivity index (χ2v) is 5.43. The molecule has 2 aromatic heterocycles. The lowest BCUT2D eigenvalue weighted by Gasteiger charge is -2.22. The van der Waals surface area contributed by atoms with Crippen LogP contribution in [0.4, 0.5) is 0 Å². The molecule has 3 heterocycles. The van der Waals surface area contributed by atoms with Crippen LogP contribution >= 0.6 is 11.6 Å². The average Bonchev–Trinajstić information content (AvgIpc) is 3.08. The standard InChI is InChI=1S/C13H15ClN4O2/c1-8-6-10(16-20-8)11-4-3-5-18(11)13(19)12-9(14)7-17(2)15-12/h6-7,11H,3-5H2,1-2H3. The number of rotatable bonds is 2. The third-order valence-electron chi connectivity index (χ3n) is 3.49. The molecule has 1 atom stereocenters. The summed E-state index contributed by atoms with van der Waals surface area (Å²) in [5, 5.41) is 8.54. The van der Waals surface area contributed by atoms with E-state index in [1.807, 2.05) is 13.0 Å². The molecule has 106 valence electrons. The summed E-state index contributed by atoms with van der Waals surface area (Å²) in [6.45, 7) is 2.52. The van der Waals surface area contributed by atoms with Crippen LogP contribution in [0.3, 0.4) is 0 Å². The van der Waals surface area contributed by atoms with Crippen LogP contribution < -0.4 is 0 Å².